The lowest BCUT2D eigenvalue weighted by Gasteiger charge is -2.12. The van der Waals surface area contributed by atoms with Crippen molar-refractivity contribution in [2.24, 2.45) is 5.73 Å². The van der Waals surface area contributed by atoms with Gasteiger partial charge in [0, 0.05) is 6.04 Å². The average molecular weight is 206 g/mol. The highest BCUT2D eigenvalue weighted by molar-refractivity contribution is 5.42. The highest BCUT2D eigenvalue weighted by Gasteiger charge is 2.08. The summed E-state index contributed by atoms with van der Waals surface area (Å²) in [5.74, 6) is 0.637. The Morgan fingerprint density at radius 3 is 2.87 bits per heavy atom. The van der Waals surface area contributed by atoms with Crippen LogP contribution in [0.2, 0.25) is 0 Å². The standard InChI is InChI=1S/C11H14N2O2/c1-15-11-4-8(6-12)2-3-9(11)5-10(13)7-14/h2-4,10,14H,5,7,13H2,1H3/t10-/m1/s1. The van der Waals surface area contributed by atoms with Gasteiger partial charge in [0.2, 0.25) is 0 Å². The van der Waals surface area contributed by atoms with Crippen molar-refractivity contribution < 1.29 is 9.84 Å². The summed E-state index contributed by atoms with van der Waals surface area (Å²) in [7, 11) is 1.55. The third-order valence-electron chi connectivity index (χ3n) is 2.13. The van der Waals surface area contributed by atoms with E-state index in [0.717, 1.165) is 5.56 Å². The summed E-state index contributed by atoms with van der Waals surface area (Å²) in [4.78, 5) is 0. The first-order chi connectivity index (χ1) is 7.21. The summed E-state index contributed by atoms with van der Waals surface area (Å²) in [5, 5.41) is 17.5. The fourth-order valence-corrected chi connectivity index (χ4v) is 1.33. The maximum absolute atomic E-state index is 8.84. The fourth-order valence-electron chi connectivity index (χ4n) is 1.33. The van der Waals surface area contributed by atoms with Gasteiger partial charge in [0.15, 0.2) is 0 Å². The molecule has 1 rings (SSSR count). The van der Waals surface area contributed by atoms with Gasteiger partial charge in [-0.25, -0.2) is 0 Å². The first-order valence-electron chi connectivity index (χ1n) is 4.64. The van der Waals surface area contributed by atoms with Crippen LogP contribution in [0, 0.1) is 11.3 Å². The number of nitriles is 1. The van der Waals surface area contributed by atoms with Crippen LogP contribution in [0.25, 0.3) is 0 Å². The van der Waals surface area contributed by atoms with E-state index >= 15 is 0 Å². The Balaban J connectivity index is 2.93. The maximum Gasteiger partial charge on any atom is 0.123 e. The van der Waals surface area contributed by atoms with Gasteiger partial charge in [0.1, 0.15) is 5.75 Å². The molecule has 80 valence electrons. The monoisotopic (exact) mass is 206 g/mol. The predicted octanol–water partition coefficient (Wildman–Crippen LogP) is 0.429. The van der Waals surface area contributed by atoms with E-state index in [1.807, 2.05) is 6.07 Å². The summed E-state index contributed by atoms with van der Waals surface area (Å²) >= 11 is 0. The second-order valence-corrected chi connectivity index (χ2v) is 3.29. The topological polar surface area (TPSA) is 79.3 Å². The minimum absolute atomic E-state index is 0.0663. The third kappa shape index (κ3) is 2.94. The number of benzene rings is 1. The van der Waals surface area contributed by atoms with Gasteiger partial charge < -0.3 is 15.6 Å². The SMILES string of the molecule is COc1cc(C#N)ccc1C[C@@H](N)CO. The van der Waals surface area contributed by atoms with E-state index in [2.05, 4.69) is 0 Å². The van der Waals surface area contributed by atoms with Crippen LogP contribution in [0.5, 0.6) is 5.75 Å². The number of nitrogens with zero attached hydrogens (tertiary/aromatic N) is 1. The lowest BCUT2D eigenvalue weighted by molar-refractivity contribution is 0.264. The molecule has 4 heteroatoms. The number of aliphatic hydroxyl groups excluding tert-OH is 1. The molecule has 0 unspecified atom stereocenters. The smallest absolute Gasteiger partial charge is 0.123 e. The zero-order valence-corrected chi connectivity index (χ0v) is 8.60. The van der Waals surface area contributed by atoms with Crippen LogP contribution < -0.4 is 10.5 Å². The van der Waals surface area contributed by atoms with Gasteiger partial charge in [-0.1, -0.05) is 6.07 Å². The molecule has 0 saturated carbocycles. The van der Waals surface area contributed by atoms with Crippen molar-refractivity contribution in [2.75, 3.05) is 13.7 Å². The summed E-state index contributed by atoms with van der Waals surface area (Å²) < 4.78 is 5.14. The predicted molar refractivity (Wildman–Crippen MR) is 56.5 cm³/mol. The fraction of sp³-hybridized carbons (Fsp3) is 0.364. The minimum Gasteiger partial charge on any atom is -0.496 e. The molecule has 15 heavy (non-hydrogen) atoms. The van der Waals surface area contributed by atoms with Gasteiger partial charge in [-0.15, -0.1) is 0 Å². The molecular weight excluding hydrogens is 192 g/mol. The molecule has 1 aromatic rings. The van der Waals surface area contributed by atoms with Gasteiger partial charge in [0.05, 0.1) is 25.3 Å². The molecule has 1 aromatic carbocycles. The number of aliphatic hydroxyl groups is 1. The van der Waals surface area contributed by atoms with Crippen molar-refractivity contribution in [3.63, 3.8) is 0 Å². The first kappa shape index (κ1) is 11.5. The molecule has 1 atom stereocenters. The Kier molecular flexibility index (Phi) is 4.10. The molecule has 0 aliphatic rings. The minimum atomic E-state index is -0.299. The molecule has 0 heterocycles. The Bertz CT molecular complexity index is 371. The summed E-state index contributed by atoms with van der Waals surface area (Å²) in [6.45, 7) is -0.0663. The molecule has 0 aliphatic heterocycles. The molecule has 3 N–H and O–H groups in total. The number of rotatable bonds is 4. The van der Waals surface area contributed by atoms with E-state index in [1.54, 1.807) is 25.3 Å². The van der Waals surface area contributed by atoms with Crippen molar-refractivity contribution in [1.82, 2.24) is 0 Å². The second kappa shape index (κ2) is 5.35. The van der Waals surface area contributed by atoms with E-state index in [1.165, 1.54) is 0 Å². The summed E-state index contributed by atoms with van der Waals surface area (Å²) in [5.41, 5.74) is 7.08. The number of hydrogen-bond acceptors (Lipinski definition) is 4. The number of nitrogens with two attached hydrogens (primary N) is 1. The van der Waals surface area contributed by atoms with E-state index in [0.29, 0.717) is 17.7 Å². The Morgan fingerprint density at radius 1 is 1.60 bits per heavy atom. The molecule has 0 amide bonds. The molecule has 0 radical (unpaired) electrons. The third-order valence-corrected chi connectivity index (χ3v) is 2.13. The molecule has 0 saturated heterocycles. The van der Waals surface area contributed by atoms with Gasteiger partial charge in [-0.3, -0.25) is 0 Å². The molecular formula is C11H14N2O2. The van der Waals surface area contributed by atoms with Crippen molar-refractivity contribution >= 4 is 0 Å². The van der Waals surface area contributed by atoms with Crippen molar-refractivity contribution in [3.8, 4) is 11.8 Å². The van der Waals surface area contributed by atoms with Crippen LogP contribution in [0.1, 0.15) is 11.1 Å². The average Bonchev–Trinajstić information content (AvgIpc) is 2.29. The van der Waals surface area contributed by atoms with Gasteiger partial charge in [-0.2, -0.15) is 5.26 Å². The highest BCUT2D eigenvalue weighted by atomic mass is 16.5. The molecule has 0 fully saturated rings. The molecule has 0 bridgehead atoms. The zero-order chi connectivity index (χ0) is 11.3. The normalized spacial score (nSPS) is 11.9. The Morgan fingerprint density at radius 2 is 2.33 bits per heavy atom. The van der Waals surface area contributed by atoms with E-state index < -0.39 is 0 Å². The molecule has 0 aromatic heterocycles. The second-order valence-electron chi connectivity index (χ2n) is 3.29. The highest BCUT2D eigenvalue weighted by Crippen LogP contribution is 2.20. The quantitative estimate of drug-likeness (QED) is 0.748. The van der Waals surface area contributed by atoms with Crippen LogP contribution in [-0.4, -0.2) is 24.9 Å². The van der Waals surface area contributed by atoms with Crippen LogP contribution in [0.3, 0.4) is 0 Å². The van der Waals surface area contributed by atoms with Gasteiger partial charge >= 0.3 is 0 Å². The lowest BCUT2D eigenvalue weighted by Crippen LogP contribution is -2.27. The zero-order valence-electron chi connectivity index (χ0n) is 8.60. The number of methoxy groups -OCH3 is 1. The molecule has 0 aliphatic carbocycles. The van der Waals surface area contributed by atoms with Crippen molar-refractivity contribution in [1.29, 1.82) is 5.26 Å². The van der Waals surface area contributed by atoms with Crippen LogP contribution in [0.15, 0.2) is 18.2 Å². The summed E-state index contributed by atoms with van der Waals surface area (Å²) in [6, 6.07) is 6.91. The van der Waals surface area contributed by atoms with Gasteiger partial charge in [-0.05, 0) is 24.1 Å². The van der Waals surface area contributed by atoms with Crippen LogP contribution >= 0.6 is 0 Å². The van der Waals surface area contributed by atoms with E-state index in [4.69, 9.17) is 20.8 Å². The number of hydrogen-bond donors (Lipinski definition) is 2. The Labute approximate surface area is 88.9 Å². The molecule has 4 nitrogen and oxygen atoms in total. The van der Waals surface area contributed by atoms with Crippen LogP contribution in [0.4, 0.5) is 0 Å². The lowest BCUT2D eigenvalue weighted by atomic mass is 10.0. The van der Waals surface area contributed by atoms with E-state index in [-0.39, 0.29) is 12.6 Å². The number of ether oxygens (including phenoxy) is 1. The first-order valence-corrected chi connectivity index (χ1v) is 4.64. The van der Waals surface area contributed by atoms with Gasteiger partial charge in [0.25, 0.3) is 0 Å². The Hall–Kier alpha value is -1.57. The molecule has 0 spiro atoms. The van der Waals surface area contributed by atoms with Crippen molar-refractivity contribution in [3.05, 3.63) is 29.3 Å². The largest absolute Gasteiger partial charge is 0.496 e. The van der Waals surface area contributed by atoms with E-state index in [9.17, 15) is 0 Å². The van der Waals surface area contributed by atoms with Crippen molar-refractivity contribution in [2.45, 2.75) is 12.5 Å². The maximum atomic E-state index is 8.84. The van der Waals surface area contributed by atoms with Crippen LogP contribution in [-0.2, 0) is 6.42 Å². The summed E-state index contributed by atoms with van der Waals surface area (Å²) in [6.07, 6.45) is 0.533.